The third-order valence-electron chi connectivity index (χ3n) is 4.78. The Morgan fingerprint density at radius 3 is 2.75 bits per heavy atom. The standard InChI is InChI=1S/C23H23N3OS/c1-16-20(18-6-3-2-4-7-18)8-5-9-21(16)26-23-22-19(15-28-23)12-17(14-25-22)13-24-10-11-27/h2-9,12,14-15,24,26-27H,10-11,13H2,1H3. The van der Waals surface area contributed by atoms with E-state index < -0.39 is 0 Å². The van der Waals surface area contributed by atoms with E-state index in [0.29, 0.717) is 13.1 Å². The molecule has 0 spiro atoms. The molecule has 142 valence electrons. The number of hydrogen-bond donors (Lipinski definition) is 3. The highest BCUT2D eigenvalue weighted by Crippen LogP contribution is 2.35. The van der Waals surface area contributed by atoms with Crippen molar-refractivity contribution in [1.29, 1.82) is 0 Å². The van der Waals surface area contributed by atoms with E-state index in [2.05, 4.69) is 76.5 Å². The van der Waals surface area contributed by atoms with E-state index in [1.807, 2.05) is 12.3 Å². The van der Waals surface area contributed by atoms with Gasteiger partial charge in [0, 0.05) is 35.7 Å². The van der Waals surface area contributed by atoms with E-state index in [4.69, 9.17) is 5.11 Å². The topological polar surface area (TPSA) is 57.2 Å². The fourth-order valence-corrected chi connectivity index (χ4v) is 4.18. The highest BCUT2D eigenvalue weighted by atomic mass is 32.1. The molecule has 4 rings (SSSR count). The van der Waals surface area contributed by atoms with Crippen molar-refractivity contribution in [3.63, 3.8) is 0 Å². The van der Waals surface area contributed by atoms with E-state index in [1.54, 1.807) is 11.3 Å². The summed E-state index contributed by atoms with van der Waals surface area (Å²) in [5.41, 5.74) is 6.88. The van der Waals surface area contributed by atoms with Crippen LogP contribution in [0.1, 0.15) is 11.1 Å². The molecule has 0 atom stereocenters. The molecular weight excluding hydrogens is 366 g/mol. The number of nitrogens with zero attached hydrogens (tertiary/aromatic N) is 1. The Labute approximate surface area is 168 Å². The molecule has 0 fully saturated rings. The lowest BCUT2D eigenvalue weighted by atomic mass is 9.99. The number of aromatic nitrogens is 1. The first kappa shape index (κ1) is 18.6. The third kappa shape index (κ3) is 3.92. The molecule has 2 aromatic heterocycles. The summed E-state index contributed by atoms with van der Waals surface area (Å²) >= 11 is 1.67. The lowest BCUT2D eigenvalue weighted by Crippen LogP contribution is -2.17. The van der Waals surface area contributed by atoms with Gasteiger partial charge in [-0.1, -0.05) is 42.5 Å². The number of nitrogens with one attached hydrogen (secondary N) is 2. The monoisotopic (exact) mass is 389 g/mol. The minimum atomic E-state index is 0.142. The van der Waals surface area contributed by atoms with E-state index in [0.717, 1.165) is 27.2 Å². The number of aliphatic hydroxyl groups is 1. The third-order valence-corrected chi connectivity index (χ3v) is 5.68. The van der Waals surface area contributed by atoms with Crippen molar-refractivity contribution in [3.05, 3.63) is 77.3 Å². The first-order chi connectivity index (χ1) is 13.8. The highest BCUT2D eigenvalue weighted by Gasteiger charge is 2.10. The lowest BCUT2D eigenvalue weighted by Gasteiger charge is -2.13. The molecule has 0 saturated heterocycles. The molecule has 0 amide bonds. The smallest absolute Gasteiger partial charge is 0.120 e. The van der Waals surface area contributed by atoms with Crippen LogP contribution < -0.4 is 10.6 Å². The Balaban J connectivity index is 1.60. The maximum atomic E-state index is 8.89. The Bertz CT molecular complexity index is 1080. The number of aliphatic hydroxyl groups excluding tert-OH is 1. The van der Waals surface area contributed by atoms with Crippen molar-refractivity contribution in [1.82, 2.24) is 10.3 Å². The van der Waals surface area contributed by atoms with Gasteiger partial charge >= 0.3 is 0 Å². The summed E-state index contributed by atoms with van der Waals surface area (Å²) in [5, 5.41) is 20.0. The minimum absolute atomic E-state index is 0.142. The van der Waals surface area contributed by atoms with Crippen LogP contribution in [0, 0.1) is 6.92 Å². The molecule has 0 bridgehead atoms. The first-order valence-electron chi connectivity index (χ1n) is 9.36. The van der Waals surface area contributed by atoms with Crippen LogP contribution in [0.15, 0.2) is 66.2 Å². The average Bonchev–Trinajstić information content (AvgIpc) is 3.12. The molecule has 2 heterocycles. The van der Waals surface area contributed by atoms with Gasteiger partial charge in [-0.3, -0.25) is 4.98 Å². The fraction of sp³-hybridized carbons (Fsp3) is 0.174. The van der Waals surface area contributed by atoms with Gasteiger partial charge in [0.15, 0.2) is 0 Å². The van der Waals surface area contributed by atoms with Crippen LogP contribution in [0.2, 0.25) is 0 Å². The van der Waals surface area contributed by atoms with Gasteiger partial charge in [0.25, 0.3) is 0 Å². The summed E-state index contributed by atoms with van der Waals surface area (Å²) in [6, 6.07) is 19.0. The van der Waals surface area contributed by atoms with Crippen molar-refractivity contribution in [2.75, 3.05) is 18.5 Å². The zero-order valence-corrected chi connectivity index (χ0v) is 16.6. The molecule has 5 heteroatoms. The minimum Gasteiger partial charge on any atom is -0.395 e. The van der Waals surface area contributed by atoms with Crippen LogP contribution in [0.3, 0.4) is 0 Å². The van der Waals surface area contributed by atoms with Crippen molar-refractivity contribution in [3.8, 4) is 11.1 Å². The fourth-order valence-electron chi connectivity index (χ4n) is 3.31. The van der Waals surface area contributed by atoms with Gasteiger partial charge in [-0.15, -0.1) is 11.3 Å². The molecule has 0 radical (unpaired) electrons. The summed E-state index contributed by atoms with van der Waals surface area (Å²) in [6.45, 7) is 3.59. The number of fused-ring (bicyclic) bond motifs is 1. The first-order valence-corrected chi connectivity index (χ1v) is 10.2. The maximum absolute atomic E-state index is 8.89. The van der Waals surface area contributed by atoms with Crippen molar-refractivity contribution < 1.29 is 5.11 Å². The summed E-state index contributed by atoms with van der Waals surface area (Å²) in [7, 11) is 0. The Hall–Kier alpha value is -2.73. The molecule has 0 unspecified atom stereocenters. The second kappa shape index (κ2) is 8.52. The van der Waals surface area contributed by atoms with E-state index >= 15 is 0 Å². The summed E-state index contributed by atoms with van der Waals surface area (Å²) in [4.78, 5) is 4.67. The predicted octanol–water partition coefficient (Wildman–Crippen LogP) is 5.10. The number of thiophene rings is 1. The SMILES string of the molecule is Cc1c(Nc2scc3cc(CNCCO)cnc23)cccc1-c1ccccc1. The Morgan fingerprint density at radius 2 is 1.93 bits per heavy atom. The lowest BCUT2D eigenvalue weighted by molar-refractivity contribution is 0.292. The molecule has 0 aliphatic rings. The number of anilines is 2. The van der Waals surface area contributed by atoms with Crippen LogP contribution >= 0.6 is 11.3 Å². The molecule has 3 N–H and O–H groups in total. The van der Waals surface area contributed by atoms with Gasteiger partial charge in [-0.25, -0.2) is 0 Å². The van der Waals surface area contributed by atoms with Gasteiger partial charge < -0.3 is 15.7 Å². The molecule has 0 aliphatic carbocycles. The van der Waals surface area contributed by atoms with Crippen LogP contribution in [0.4, 0.5) is 10.7 Å². The van der Waals surface area contributed by atoms with Gasteiger partial charge in [-0.2, -0.15) is 0 Å². The van der Waals surface area contributed by atoms with Crippen LogP contribution in [-0.4, -0.2) is 23.2 Å². The highest BCUT2D eigenvalue weighted by molar-refractivity contribution is 7.16. The van der Waals surface area contributed by atoms with Crippen LogP contribution in [0.5, 0.6) is 0 Å². The van der Waals surface area contributed by atoms with Crippen LogP contribution in [-0.2, 0) is 6.54 Å². The predicted molar refractivity (Wildman–Crippen MR) is 118 cm³/mol. The molecule has 0 aliphatic heterocycles. The summed E-state index contributed by atoms with van der Waals surface area (Å²) in [6.07, 6.45) is 1.90. The van der Waals surface area contributed by atoms with Gasteiger partial charge in [0.05, 0.1) is 6.61 Å². The molecular formula is C23H23N3OS. The molecule has 4 nitrogen and oxygen atoms in total. The zero-order valence-electron chi connectivity index (χ0n) is 15.8. The summed E-state index contributed by atoms with van der Waals surface area (Å²) in [5.74, 6) is 0. The average molecular weight is 390 g/mol. The Morgan fingerprint density at radius 1 is 1.07 bits per heavy atom. The number of hydrogen-bond acceptors (Lipinski definition) is 5. The largest absolute Gasteiger partial charge is 0.395 e. The number of benzene rings is 2. The van der Waals surface area contributed by atoms with E-state index in [9.17, 15) is 0 Å². The molecule has 28 heavy (non-hydrogen) atoms. The second-order valence-electron chi connectivity index (χ2n) is 6.72. The molecule has 2 aromatic carbocycles. The van der Waals surface area contributed by atoms with Crippen molar-refractivity contribution in [2.45, 2.75) is 13.5 Å². The second-order valence-corrected chi connectivity index (χ2v) is 7.60. The Kier molecular flexibility index (Phi) is 5.67. The van der Waals surface area contributed by atoms with E-state index in [-0.39, 0.29) is 6.61 Å². The quantitative estimate of drug-likeness (QED) is 0.385. The number of rotatable bonds is 7. The summed E-state index contributed by atoms with van der Waals surface area (Å²) < 4.78 is 0. The molecule has 0 saturated carbocycles. The normalized spacial score (nSPS) is 11.1. The van der Waals surface area contributed by atoms with Crippen molar-refractivity contribution in [2.24, 2.45) is 0 Å². The van der Waals surface area contributed by atoms with Gasteiger partial charge in [0.1, 0.15) is 10.5 Å². The van der Waals surface area contributed by atoms with E-state index in [1.165, 1.54) is 16.7 Å². The zero-order chi connectivity index (χ0) is 19.3. The van der Waals surface area contributed by atoms with Crippen LogP contribution in [0.25, 0.3) is 22.0 Å². The van der Waals surface area contributed by atoms with Gasteiger partial charge in [-0.05, 0) is 41.3 Å². The number of pyridine rings is 1. The molecule has 4 aromatic rings. The van der Waals surface area contributed by atoms with Gasteiger partial charge in [0.2, 0.25) is 0 Å². The maximum Gasteiger partial charge on any atom is 0.120 e. The van der Waals surface area contributed by atoms with Crippen molar-refractivity contribution >= 4 is 32.9 Å².